The van der Waals surface area contributed by atoms with Crippen molar-refractivity contribution in [3.63, 3.8) is 0 Å². The molecule has 0 saturated heterocycles. The lowest BCUT2D eigenvalue weighted by Gasteiger charge is -2.16. The van der Waals surface area contributed by atoms with Gasteiger partial charge in [-0.3, -0.25) is 0 Å². The molecular weight excluding hydrogens is 234 g/mol. The number of nitrogens with one attached hydrogen (secondary N) is 1. The monoisotopic (exact) mass is 250 g/mol. The topological polar surface area (TPSA) is 64.6 Å². The maximum atomic E-state index is 11.7. The van der Waals surface area contributed by atoms with Crippen molar-refractivity contribution in [1.29, 1.82) is 0 Å². The number of carbonyl (C=O) groups excluding carboxylic acids is 2. The smallest absolute Gasteiger partial charge is 0.407 e. The van der Waals surface area contributed by atoms with Crippen LogP contribution in [0, 0.1) is 7.11 Å². The highest BCUT2D eigenvalue weighted by Gasteiger charge is 2.22. The molecule has 0 fully saturated rings. The van der Waals surface area contributed by atoms with Gasteiger partial charge in [0.2, 0.25) is 0 Å². The Morgan fingerprint density at radius 3 is 2.56 bits per heavy atom. The average molecular weight is 250 g/mol. The van der Waals surface area contributed by atoms with Crippen molar-refractivity contribution in [2.45, 2.75) is 19.4 Å². The molecule has 1 radical (unpaired) electrons. The Balaban J connectivity index is 2.71. The first-order chi connectivity index (χ1) is 8.67. The number of esters is 1. The highest BCUT2D eigenvalue weighted by molar-refractivity contribution is 5.81. The Hall–Kier alpha value is -2.04. The largest absolute Gasteiger partial charge is 0.464 e. The number of rotatable bonds is 5. The van der Waals surface area contributed by atoms with Crippen LogP contribution in [0.25, 0.3) is 0 Å². The fourth-order valence-electron chi connectivity index (χ4n) is 1.47. The van der Waals surface area contributed by atoms with E-state index in [1.54, 1.807) is 6.92 Å². The van der Waals surface area contributed by atoms with Crippen LogP contribution in [0.4, 0.5) is 4.79 Å². The summed E-state index contributed by atoms with van der Waals surface area (Å²) in [6, 6.07) is 8.55. The fraction of sp³-hybridized carbons (Fsp3) is 0.308. The third kappa shape index (κ3) is 4.45. The molecule has 5 nitrogen and oxygen atoms in total. The van der Waals surface area contributed by atoms with E-state index in [0.29, 0.717) is 6.42 Å². The summed E-state index contributed by atoms with van der Waals surface area (Å²) in [4.78, 5) is 22.8. The molecule has 18 heavy (non-hydrogen) atoms. The average Bonchev–Trinajstić information content (AvgIpc) is 2.39. The molecule has 0 heterocycles. The fourth-order valence-corrected chi connectivity index (χ4v) is 1.47. The zero-order chi connectivity index (χ0) is 13.4. The molecule has 0 aliphatic heterocycles. The lowest BCUT2D eigenvalue weighted by molar-refractivity contribution is -0.145. The van der Waals surface area contributed by atoms with Gasteiger partial charge in [-0.05, 0) is 12.5 Å². The first-order valence-corrected chi connectivity index (χ1v) is 5.60. The van der Waals surface area contributed by atoms with Crippen LogP contribution >= 0.6 is 0 Å². The maximum absolute atomic E-state index is 11.7. The van der Waals surface area contributed by atoms with Crippen molar-refractivity contribution in [3.05, 3.63) is 43.0 Å². The molecule has 0 aliphatic carbocycles. The van der Waals surface area contributed by atoms with E-state index in [0.717, 1.165) is 5.56 Å². The Kier molecular flexibility index (Phi) is 5.70. The molecule has 97 valence electrons. The lowest BCUT2D eigenvalue weighted by Crippen LogP contribution is -2.43. The Morgan fingerprint density at radius 1 is 1.33 bits per heavy atom. The number of carbonyl (C=O) groups is 2. The minimum atomic E-state index is -0.776. The van der Waals surface area contributed by atoms with Gasteiger partial charge in [0.05, 0.1) is 6.61 Å². The highest BCUT2D eigenvalue weighted by atomic mass is 16.5. The molecule has 1 atom stereocenters. The minimum absolute atomic E-state index is 0.255. The van der Waals surface area contributed by atoms with Gasteiger partial charge in [-0.25, -0.2) is 9.59 Å². The second-order valence-electron chi connectivity index (χ2n) is 3.57. The molecule has 1 aromatic rings. The summed E-state index contributed by atoms with van der Waals surface area (Å²) >= 11 is 0. The quantitative estimate of drug-likeness (QED) is 0.807. The van der Waals surface area contributed by atoms with E-state index in [1.807, 2.05) is 30.3 Å². The summed E-state index contributed by atoms with van der Waals surface area (Å²) in [6.07, 6.45) is -0.418. The van der Waals surface area contributed by atoms with Gasteiger partial charge < -0.3 is 14.8 Å². The normalized spacial score (nSPS) is 11.4. The number of hydrogen-bond acceptors (Lipinski definition) is 4. The van der Waals surface area contributed by atoms with Gasteiger partial charge in [0, 0.05) is 6.42 Å². The number of ether oxygens (including phenoxy) is 2. The van der Waals surface area contributed by atoms with Crippen molar-refractivity contribution in [1.82, 2.24) is 5.32 Å². The first kappa shape index (κ1) is 14.0. The van der Waals surface area contributed by atoms with Crippen LogP contribution in [0.5, 0.6) is 0 Å². The predicted molar refractivity (Wildman–Crippen MR) is 65.5 cm³/mol. The number of alkyl carbamates (subject to hydrolysis) is 1. The van der Waals surface area contributed by atoms with Gasteiger partial charge in [-0.15, -0.1) is 0 Å². The van der Waals surface area contributed by atoms with E-state index in [4.69, 9.17) is 4.74 Å². The van der Waals surface area contributed by atoms with Gasteiger partial charge in [-0.1, -0.05) is 30.3 Å². The minimum Gasteiger partial charge on any atom is -0.464 e. The SMILES string of the molecule is [CH2]OC(=O)N[C@@H](Cc1ccccc1)C(=O)OCC. The molecule has 1 N–H and O–H groups in total. The second kappa shape index (κ2) is 7.32. The summed E-state index contributed by atoms with van der Waals surface area (Å²) in [5, 5.41) is 2.40. The van der Waals surface area contributed by atoms with E-state index >= 15 is 0 Å². The molecule has 1 rings (SSSR count). The number of amides is 1. The number of benzene rings is 1. The summed E-state index contributed by atoms with van der Waals surface area (Å²) in [7, 11) is 2.99. The Morgan fingerprint density at radius 2 is 2.00 bits per heavy atom. The van der Waals surface area contributed by atoms with E-state index in [2.05, 4.69) is 17.2 Å². The second-order valence-corrected chi connectivity index (χ2v) is 3.57. The zero-order valence-electron chi connectivity index (χ0n) is 10.2. The van der Waals surface area contributed by atoms with Crippen molar-refractivity contribution >= 4 is 12.1 Å². The van der Waals surface area contributed by atoms with Crippen LogP contribution < -0.4 is 5.32 Å². The van der Waals surface area contributed by atoms with Crippen LogP contribution in [0.1, 0.15) is 12.5 Å². The van der Waals surface area contributed by atoms with E-state index in [9.17, 15) is 9.59 Å². The Labute approximate surface area is 106 Å². The highest BCUT2D eigenvalue weighted by Crippen LogP contribution is 2.05. The summed E-state index contributed by atoms with van der Waals surface area (Å²) in [5.74, 6) is -0.494. The van der Waals surface area contributed by atoms with Crippen LogP contribution in [-0.2, 0) is 20.7 Å². The predicted octanol–water partition coefficient (Wildman–Crippen LogP) is 1.68. The van der Waals surface area contributed by atoms with Gasteiger partial charge >= 0.3 is 12.1 Å². The summed E-state index contributed by atoms with van der Waals surface area (Å²) in [5.41, 5.74) is 0.917. The lowest BCUT2D eigenvalue weighted by atomic mass is 10.1. The van der Waals surface area contributed by atoms with Crippen LogP contribution in [0.3, 0.4) is 0 Å². The molecule has 0 bridgehead atoms. The molecule has 0 unspecified atom stereocenters. The molecule has 0 saturated carbocycles. The Bertz CT molecular complexity index is 391. The van der Waals surface area contributed by atoms with Crippen molar-refractivity contribution in [2.75, 3.05) is 6.61 Å². The standard InChI is InChI=1S/C13H16NO4/c1-3-18-12(15)11(14-13(16)17-2)9-10-7-5-4-6-8-10/h4-8,11H,2-3,9H2,1H3,(H,14,16)/t11-/m0/s1. The van der Waals surface area contributed by atoms with Crippen LogP contribution in [-0.4, -0.2) is 24.7 Å². The molecular formula is C13H16NO4. The van der Waals surface area contributed by atoms with Gasteiger partial charge in [0.25, 0.3) is 0 Å². The zero-order valence-corrected chi connectivity index (χ0v) is 10.2. The van der Waals surface area contributed by atoms with Crippen molar-refractivity contribution in [3.8, 4) is 0 Å². The molecule has 0 spiro atoms. The first-order valence-electron chi connectivity index (χ1n) is 5.60. The summed E-state index contributed by atoms with van der Waals surface area (Å²) < 4.78 is 9.13. The third-order valence-electron chi connectivity index (χ3n) is 2.28. The van der Waals surface area contributed by atoms with Crippen LogP contribution in [0.15, 0.2) is 30.3 Å². The van der Waals surface area contributed by atoms with Crippen molar-refractivity contribution in [2.24, 2.45) is 0 Å². The maximum Gasteiger partial charge on any atom is 0.407 e. The third-order valence-corrected chi connectivity index (χ3v) is 2.28. The summed E-state index contributed by atoms with van der Waals surface area (Å²) in [6.45, 7) is 1.96. The van der Waals surface area contributed by atoms with Gasteiger partial charge in [0.15, 0.2) is 0 Å². The molecule has 5 heteroatoms. The number of hydrogen-bond donors (Lipinski definition) is 1. The van der Waals surface area contributed by atoms with E-state index < -0.39 is 18.1 Å². The van der Waals surface area contributed by atoms with E-state index in [-0.39, 0.29) is 6.61 Å². The van der Waals surface area contributed by atoms with E-state index in [1.165, 1.54) is 0 Å². The van der Waals surface area contributed by atoms with Crippen LogP contribution in [0.2, 0.25) is 0 Å². The molecule has 0 aliphatic rings. The molecule has 0 aromatic heterocycles. The molecule has 1 aromatic carbocycles. The van der Waals surface area contributed by atoms with Crippen molar-refractivity contribution < 1.29 is 19.1 Å². The molecule has 1 amide bonds. The van der Waals surface area contributed by atoms with Gasteiger partial charge in [-0.2, -0.15) is 0 Å². The van der Waals surface area contributed by atoms with Gasteiger partial charge in [0.1, 0.15) is 13.2 Å².